The van der Waals surface area contributed by atoms with E-state index >= 15 is 0 Å². The Morgan fingerprint density at radius 2 is 2.06 bits per heavy atom. The van der Waals surface area contributed by atoms with Crippen molar-refractivity contribution < 1.29 is 9.63 Å². The Morgan fingerprint density at radius 3 is 2.76 bits per heavy atom. The van der Waals surface area contributed by atoms with Crippen molar-refractivity contribution in [1.29, 1.82) is 0 Å². The summed E-state index contributed by atoms with van der Waals surface area (Å²) in [5.41, 5.74) is 0. The van der Waals surface area contributed by atoms with Gasteiger partial charge < -0.3 is 14.5 Å². The highest BCUT2D eigenvalue weighted by Crippen LogP contribution is 2.33. The van der Waals surface area contributed by atoms with Crippen LogP contribution in [0.15, 0.2) is 4.52 Å². The molecule has 17 heavy (non-hydrogen) atoms. The molecule has 1 unspecified atom stereocenters. The molecule has 1 N–H and O–H groups in total. The van der Waals surface area contributed by atoms with E-state index < -0.39 is 0 Å². The third kappa shape index (κ3) is 2.60. The zero-order valence-electron chi connectivity index (χ0n) is 10.0. The first-order chi connectivity index (χ1) is 8.33. The summed E-state index contributed by atoms with van der Waals surface area (Å²) in [7, 11) is 0. The third-order valence-electron chi connectivity index (χ3n) is 3.65. The molecule has 94 valence electrons. The van der Waals surface area contributed by atoms with Crippen molar-refractivity contribution in [3.63, 3.8) is 0 Å². The summed E-state index contributed by atoms with van der Waals surface area (Å²) in [5.74, 6) is 1.73. The summed E-state index contributed by atoms with van der Waals surface area (Å²) in [4.78, 5) is 6.54. The van der Waals surface area contributed by atoms with Gasteiger partial charge in [0, 0.05) is 13.1 Å². The predicted octanol–water partition coefficient (Wildman–Crippen LogP) is 1.37. The number of rotatable bonds is 4. The summed E-state index contributed by atoms with van der Waals surface area (Å²) >= 11 is 0. The molecule has 5 nitrogen and oxygen atoms in total. The van der Waals surface area contributed by atoms with Crippen LogP contribution in [0.5, 0.6) is 0 Å². The van der Waals surface area contributed by atoms with Gasteiger partial charge in [-0.15, -0.1) is 0 Å². The molecule has 0 amide bonds. The second-order valence-electron chi connectivity index (χ2n) is 5.14. The van der Waals surface area contributed by atoms with Crippen molar-refractivity contribution >= 4 is 5.95 Å². The Bertz CT molecular complexity index is 370. The lowest BCUT2D eigenvalue weighted by Crippen LogP contribution is -2.30. The SMILES string of the molecule is OC(Cc1nc(N2CCCCC2)no1)C1CC1. The number of piperidine rings is 1. The fourth-order valence-electron chi connectivity index (χ4n) is 2.38. The predicted molar refractivity (Wildman–Crippen MR) is 62.8 cm³/mol. The molecule has 1 aliphatic carbocycles. The molecule has 2 fully saturated rings. The minimum Gasteiger partial charge on any atom is -0.392 e. The lowest BCUT2D eigenvalue weighted by Gasteiger charge is -2.24. The number of aliphatic hydroxyl groups is 1. The zero-order chi connectivity index (χ0) is 11.7. The smallest absolute Gasteiger partial charge is 0.266 e. The molecular weight excluding hydrogens is 218 g/mol. The van der Waals surface area contributed by atoms with Gasteiger partial charge >= 0.3 is 0 Å². The van der Waals surface area contributed by atoms with E-state index in [2.05, 4.69) is 15.0 Å². The number of aliphatic hydroxyl groups excluding tert-OH is 1. The average Bonchev–Trinajstić information content (AvgIpc) is 3.12. The molecule has 1 aliphatic heterocycles. The van der Waals surface area contributed by atoms with Crippen molar-refractivity contribution in [1.82, 2.24) is 10.1 Å². The molecule has 1 aromatic rings. The summed E-state index contributed by atoms with van der Waals surface area (Å²) in [6.07, 6.45) is 6.17. The van der Waals surface area contributed by atoms with Gasteiger partial charge in [-0.05, 0) is 43.2 Å². The fourth-order valence-corrected chi connectivity index (χ4v) is 2.38. The largest absolute Gasteiger partial charge is 0.392 e. The van der Waals surface area contributed by atoms with Gasteiger partial charge in [0.15, 0.2) is 0 Å². The number of aromatic nitrogens is 2. The van der Waals surface area contributed by atoms with Crippen LogP contribution in [0.25, 0.3) is 0 Å². The highest BCUT2D eigenvalue weighted by Gasteiger charge is 2.31. The maximum absolute atomic E-state index is 9.82. The van der Waals surface area contributed by atoms with E-state index in [0.29, 0.717) is 24.2 Å². The van der Waals surface area contributed by atoms with Crippen LogP contribution in [0, 0.1) is 5.92 Å². The maximum Gasteiger partial charge on any atom is 0.266 e. The van der Waals surface area contributed by atoms with Gasteiger partial charge in [0.1, 0.15) is 0 Å². The Balaban J connectivity index is 1.60. The zero-order valence-corrected chi connectivity index (χ0v) is 10.0. The number of hydrogen-bond donors (Lipinski definition) is 1. The molecule has 0 bridgehead atoms. The maximum atomic E-state index is 9.82. The van der Waals surface area contributed by atoms with E-state index in [0.717, 1.165) is 25.9 Å². The molecule has 0 radical (unpaired) electrons. The molecule has 1 atom stereocenters. The lowest BCUT2D eigenvalue weighted by atomic mass is 10.1. The van der Waals surface area contributed by atoms with Gasteiger partial charge in [0.2, 0.25) is 5.89 Å². The quantitative estimate of drug-likeness (QED) is 0.857. The highest BCUT2D eigenvalue weighted by molar-refractivity contribution is 5.28. The van der Waals surface area contributed by atoms with Crippen LogP contribution in [-0.4, -0.2) is 34.4 Å². The number of hydrogen-bond acceptors (Lipinski definition) is 5. The Hall–Kier alpha value is -1.10. The van der Waals surface area contributed by atoms with Gasteiger partial charge in [-0.2, -0.15) is 4.98 Å². The number of anilines is 1. The summed E-state index contributed by atoms with van der Waals surface area (Å²) in [6.45, 7) is 2.04. The molecule has 1 saturated heterocycles. The first-order valence-corrected chi connectivity index (χ1v) is 6.58. The van der Waals surface area contributed by atoms with Crippen LogP contribution in [0.2, 0.25) is 0 Å². The standard InChI is InChI=1S/C12H19N3O2/c16-10(9-4-5-9)8-11-13-12(14-17-11)15-6-2-1-3-7-15/h9-10,16H,1-8H2. The van der Waals surface area contributed by atoms with Gasteiger partial charge in [0.05, 0.1) is 12.5 Å². The molecule has 1 saturated carbocycles. The van der Waals surface area contributed by atoms with Crippen molar-refractivity contribution in [3.05, 3.63) is 5.89 Å². The van der Waals surface area contributed by atoms with Crippen LogP contribution < -0.4 is 4.90 Å². The average molecular weight is 237 g/mol. The minimum atomic E-state index is -0.301. The summed E-state index contributed by atoms with van der Waals surface area (Å²) < 4.78 is 5.20. The van der Waals surface area contributed by atoms with Gasteiger partial charge in [-0.25, -0.2) is 0 Å². The normalized spacial score (nSPS) is 22.8. The molecule has 2 heterocycles. The minimum absolute atomic E-state index is 0.301. The summed E-state index contributed by atoms with van der Waals surface area (Å²) in [5, 5.41) is 13.8. The molecular formula is C12H19N3O2. The first kappa shape index (κ1) is 11.0. The van der Waals surface area contributed by atoms with Crippen LogP contribution >= 0.6 is 0 Å². The van der Waals surface area contributed by atoms with Crippen LogP contribution in [0.4, 0.5) is 5.95 Å². The van der Waals surface area contributed by atoms with Crippen LogP contribution in [0.3, 0.4) is 0 Å². The molecule has 3 rings (SSSR count). The molecule has 0 spiro atoms. The van der Waals surface area contributed by atoms with E-state index in [1.54, 1.807) is 0 Å². The first-order valence-electron chi connectivity index (χ1n) is 6.58. The second kappa shape index (κ2) is 4.64. The topological polar surface area (TPSA) is 62.4 Å². The second-order valence-corrected chi connectivity index (χ2v) is 5.14. The van der Waals surface area contributed by atoms with Crippen molar-refractivity contribution in [2.24, 2.45) is 5.92 Å². The lowest BCUT2D eigenvalue weighted by molar-refractivity contribution is 0.140. The number of nitrogens with zero attached hydrogens (tertiary/aromatic N) is 3. The van der Waals surface area contributed by atoms with Gasteiger partial charge in [0.25, 0.3) is 5.95 Å². The monoisotopic (exact) mass is 237 g/mol. The van der Waals surface area contributed by atoms with Crippen LogP contribution in [0.1, 0.15) is 38.0 Å². The summed E-state index contributed by atoms with van der Waals surface area (Å²) in [6, 6.07) is 0. The Labute approximate surface area is 101 Å². The molecule has 5 heteroatoms. The van der Waals surface area contributed by atoms with E-state index in [1.165, 1.54) is 19.3 Å². The highest BCUT2D eigenvalue weighted by atomic mass is 16.5. The molecule has 1 aromatic heterocycles. The molecule has 2 aliphatic rings. The van der Waals surface area contributed by atoms with Crippen molar-refractivity contribution in [3.8, 4) is 0 Å². The van der Waals surface area contributed by atoms with E-state index in [4.69, 9.17) is 4.52 Å². The Kier molecular flexibility index (Phi) is 3.01. The van der Waals surface area contributed by atoms with Crippen molar-refractivity contribution in [2.75, 3.05) is 18.0 Å². The third-order valence-corrected chi connectivity index (χ3v) is 3.65. The van der Waals surface area contributed by atoms with Gasteiger partial charge in [-0.3, -0.25) is 0 Å². The fraction of sp³-hybridized carbons (Fsp3) is 0.833. The van der Waals surface area contributed by atoms with E-state index in [-0.39, 0.29) is 6.10 Å². The van der Waals surface area contributed by atoms with Gasteiger partial charge in [-0.1, -0.05) is 0 Å². The molecule has 0 aromatic carbocycles. The van der Waals surface area contributed by atoms with Crippen molar-refractivity contribution in [2.45, 2.75) is 44.6 Å². The van der Waals surface area contributed by atoms with E-state index in [1.807, 2.05) is 0 Å². The van der Waals surface area contributed by atoms with Crippen LogP contribution in [-0.2, 0) is 6.42 Å². The Morgan fingerprint density at radius 1 is 1.29 bits per heavy atom. The van der Waals surface area contributed by atoms with E-state index in [9.17, 15) is 5.11 Å².